The predicted molar refractivity (Wildman–Crippen MR) is 109 cm³/mol. The molecule has 0 aliphatic rings. The van der Waals surface area contributed by atoms with Crippen molar-refractivity contribution in [2.24, 2.45) is 0 Å². The van der Waals surface area contributed by atoms with Gasteiger partial charge in [-0.05, 0) is 64.3 Å². The number of Topliss-reactive ketones (excluding diaryl/α,β-unsaturated/α-hetero) is 1. The fraction of sp³-hybridized carbons (Fsp3) is 0.409. The molecule has 0 spiro atoms. The molecule has 0 bridgehead atoms. The molecule has 2 aromatic rings. The molecule has 1 heterocycles. The van der Waals surface area contributed by atoms with Crippen LogP contribution >= 0.6 is 0 Å². The molecule has 5 nitrogen and oxygen atoms in total. The van der Waals surface area contributed by atoms with Gasteiger partial charge in [0.2, 0.25) is 0 Å². The van der Waals surface area contributed by atoms with Gasteiger partial charge in [-0.25, -0.2) is 0 Å². The third kappa shape index (κ3) is 5.16. The Labute approximate surface area is 160 Å². The highest BCUT2D eigenvalue weighted by atomic mass is 16.6. The standard InChI is InChI=1S/C22H28N2O3/c1-8-9-17-11-16(10-14(2)3)12-18-20(15(4)25)23-24(21(17)18)13-19(26)27-22(5,6)7/h8,10-12H,1,9,13H2,2-7H3. The Morgan fingerprint density at radius 1 is 1.22 bits per heavy atom. The van der Waals surface area contributed by atoms with E-state index in [4.69, 9.17) is 4.74 Å². The maximum absolute atomic E-state index is 12.3. The number of fused-ring (bicyclic) bond motifs is 1. The second-order valence-electron chi connectivity index (χ2n) is 7.94. The van der Waals surface area contributed by atoms with Crippen molar-refractivity contribution in [1.82, 2.24) is 9.78 Å². The zero-order chi connectivity index (χ0) is 20.4. The van der Waals surface area contributed by atoms with E-state index in [0.29, 0.717) is 12.1 Å². The summed E-state index contributed by atoms with van der Waals surface area (Å²) in [4.78, 5) is 24.5. The maximum atomic E-state index is 12.3. The smallest absolute Gasteiger partial charge is 0.328 e. The monoisotopic (exact) mass is 368 g/mol. The topological polar surface area (TPSA) is 61.2 Å². The summed E-state index contributed by atoms with van der Waals surface area (Å²) in [5.41, 5.74) is 3.69. The van der Waals surface area contributed by atoms with E-state index in [1.54, 1.807) is 10.8 Å². The zero-order valence-corrected chi connectivity index (χ0v) is 17.0. The van der Waals surface area contributed by atoms with Gasteiger partial charge in [0.05, 0.1) is 5.52 Å². The van der Waals surface area contributed by atoms with Crippen LogP contribution in [-0.2, 0) is 22.5 Å². The highest BCUT2D eigenvalue weighted by Crippen LogP contribution is 2.27. The lowest BCUT2D eigenvalue weighted by atomic mass is 10.0. The summed E-state index contributed by atoms with van der Waals surface area (Å²) in [7, 11) is 0. The molecule has 27 heavy (non-hydrogen) atoms. The molecule has 0 atom stereocenters. The van der Waals surface area contributed by atoms with Gasteiger partial charge in [0.1, 0.15) is 17.8 Å². The fourth-order valence-electron chi connectivity index (χ4n) is 3.03. The summed E-state index contributed by atoms with van der Waals surface area (Å²) in [5.74, 6) is -0.526. The zero-order valence-electron chi connectivity index (χ0n) is 17.0. The van der Waals surface area contributed by atoms with Crippen LogP contribution in [0.3, 0.4) is 0 Å². The molecular formula is C22H28N2O3. The first-order valence-electron chi connectivity index (χ1n) is 9.04. The third-order valence-corrected chi connectivity index (χ3v) is 3.80. The van der Waals surface area contributed by atoms with Gasteiger partial charge in [-0.15, -0.1) is 6.58 Å². The fourth-order valence-corrected chi connectivity index (χ4v) is 3.03. The lowest BCUT2D eigenvalue weighted by molar-refractivity contribution is -0.155. The highest BCUT2D eigenvalue weighted by Gasteiger charge is 2.22. The third-order valence-electron chi connectivity index (χ3n) is 3.80. The quantitative estimate of drug-likeness (QED) is 0.420. The molecule has 0 radical (unpaired) electrons. The average Bonchev–Trinajstić information content (AvgIpc) is 2.83. The van der Waals surface area contributed by atoms with Crippen molar-refractivity contribution in [2.75, 3.05) is 0 Å². The van der Waals surface area contributed by atoms with E-state index in [9.17, 15) is 9.59 Å². The van der Waals surface area contributed by atoms with E-state index in [0.717, 1.165) is 27.6 Å². The summed E-state index contributed by atoms with van der Waals surface area (Å²) in [5, 5.41) is 5.18. The van der Waals surface area contributed by atoms with Crippen LogP contribution in [0.2, 0.25) is 0 Å². The first-order valence-corrected chi connectivity index (χ1v) is 9.04. The average molecular weight is 368 g/mol. The van der Waals surface area contributed by atoms with E-state index in [-0.39, 0.29) is 18.3 Å². The molecular weight excluding hydrogens is 340 g/mol. The van der Waals surface area contributed by atoms with Crippen molar-refractivity contribution in [1.29, 1.82) is 0 Å². The summed E-state index contributed by atoms with van der Waals surface area (Å²) in [6.45, 7) is 14.8. The molecule has 1 aromatic heterocycles. The van der Waals surface area contributed by atoms with Gasteiger partial charge in [0.25, 0.3) is 0 Å². The van der Waals surface area contributed by atoms with Gasteiger partial charge in [-0.2, -0.15) is 5.10 Å². The van der Waals surface area contributed by atoms with E-state index in [1.165, 1.54) is 6.92 Å². The summed E-state index contributed by atoms with van der Waals surface area (Å²) < 4.78 is 7.00. The number of carbonyl (C=O) groups excluding carboxylic acids is 2. The number of ether oxygens (including phenoxy) is 1. The van der Waals surface area contributed by atoms with Gasteiger partial charge >= 0.3 is 5.97 Å². The second-order valence-corrected chi connectivity index (χ2v) is 7.94. The molecule has 0 N–H and O–H groups in total. The Morgan fingerprint density at radius 3 is 2.41 bits per heavy atom. The minimum absolute atomic E-state index is 0.0484. The SMILES string of the molecule is C=CCc1cc(C=C(C)C)cc2c(C(C)=O)nn(CC(=O)OC(C)(C)C)c12. The molecule has 0 unspecified atom stereocenters. The van der Waals surface area contributed by atoms with Crippen LogP contribution in [0.15, 0.2) is 30.4 Å². The Kier molecular flexibility index (Phi) is 6.04. The van der Waals surface area contributed by atoms with Crippen LogP contribution < -0.4 is 0 Å². The number of aromatic nitrogens is 2. The molecule has 0 saturated heterocycles. The van der Waals surface area contributed by atoms with Crippen molar-refractivity contribution >= 4 is 28.7 Å². The predicted octanol–water partition coefficient (Wildman–Crippen LogP) is 4.73. The Hall–Kier alpha value is -2.69. The van der Waals surface area contributed by atoms with Gasteiger partial charge in [0.15, 0.2) is 5.78 Å². The summed E-state index contributed by atoms with van der Waals surface area (Å²) >= 11 is 0. The Bertz CT molecular complexity index is 923. The normalized spacial score (nSPS) is 11.3. The van der Waals surface area contributed by atoms with Crippen molar-refractivity contribution in [3.8, 4) is 0 Å². The molecule has 1 aromatic carbocycles. The van der Waals surface area contributed by atoms with E-state index >= 15 is 0 Å². The van der Waals surface area contributed by atoms with Crippen LogP contribution in [0.25, 0.3) is 17.0 Å². The molecule has 0 aliphatic heterocycles. The van der Waals surface area contributed by atoms with Gasteiger partial charge < -0.3 is 4.74 Å². The van der Waals surface area contributed by atoms with E-state index in [2.05, 4.69) is 17.8 Å². The minimum Gasteiger partial charge on any atom is -0.459 e. The number of esters is 1. The van der Waals surface area contributed by atoms with Crippen LogP contribution in [0.5, 0.6) is 0 Å². The molecule has 0 saturated carbocycles. The lowest BCUT2D eigenvalue weighted by Crippen LogP contribution is -2.27. The number of benzene rings is 1. The van der Waals surface area contributed by atoms with Crippen LogP contribution in [0.1, 0.15) is 63.2 Å². The summed E-state index contributed by atoms with van der Waals surface area (Å²) in [6, 6.07) is 4.00. The van der Waals surface area contributed by atoms with Crippen molar-refractivity contribution in [2.45, 2.75) is 60.1 Å². The molecule has 0 fully saturated rings. The van der Waals surface area contributed by atoms with Gasteiger partial charge in [-0.3, -0.25) is 14.3 Å². The van der Waals surface area contributed by atoms with Crippen molar-refractivity contribution in [3.05, 3.63) is 47.2 Å². The molecule has 0 amide bonds. The van der Waals surface area contributed by atoms with Crippen molar-refractivity contribution in [3.63, 3.8) is 0 Å². The first kappa shape index (κ1) is 20.6. The van der Waals surface area contributed by atoms with Crippen LogP contribution in [-0.4, -0.2) is 27.1 Å². The second kappa shape index (κ2) is 7.91. The van der Waals surface area contributed by atoms with E-state index in [1.807, 2.05) is 46.8 Å². The number of hydrogen-bond acceptors (Lipinski definition) is 4. The molecule has 144 valence electrons. The van der Waals surface area contributed by atoms with Crippen LogP contribution in [0.4, 0.5) is 0 Å². The maximum Gasteiger partial charge on any atom is 0.328 e. The number of rotatable bonds is 6. The Balaban J connectivity index is 2.67. The molecule has 0 aliphatic carbocycles. The minimum atomic E-state index is -0.579. The highest BCUT2D eigenvalue weighted by molar-refractivity contribution is 6.06. The van der Waals surface area contributed by atoms with Gasteiger partial charge in [-0.1, -0.05) is 17.7 Å². The van der Waals surface area contributed by atoms with Crippen molar-refractivity contribution < 1.29 is 14.3 Å². The number of allylic oxidation sites excluding steroid dienone is 2. The van der Waals surface area contributed by atoms with Gasteiger partial charge in [0, 0.05) is 12.3 Å². The van der Waals surface area contributed by atoms with E-state index < -0.39 is 5.60 Å². The first-order chi connectivity index (χ1) is 12.5. The number of hydrogen-bond donors (Lipinski definition) is 0. The number of ketones is 1. The Morgan fingerprint density at radius 2 is 1.89 bits per heavy atom. The number of nitrogens with zero attached hydrogens (tertiary/aromatic N) is 2. The van der Waals surface area contributed by atoms with Crippen LogP contribution in [0, 0.1) is 0 Å². The molecule has 5 heteroatoms. The lowest BCUT2D eigenvalue weighted by Gasteiger charge is -2.19. The molecule has 2 rings (SSSR count). The largest absolute Gasteiger partial charge is 0.459 e. The summed E-state index contributed by atoms with van der Waals surface area (Å²) in [6.07, 6.45) is 4.47. The number of carbonyl (C=O) groups is 2.